The normalized spacial score (nSPS) is 14.7. The number of anilines is 4. The van der Waals surface area contributed by atoms with Crippen LogP contribution in [0.15, 0.2) is 67.0 Å². The lowest BCUT2D eigenvalue weighted by molar-refractivity contribution is 0.312. The second-order valence-corrected chi connectivity index (χ2v) is 7.88. The Morgan fingerprint density at radius 3 is 2.52 bits per heavy atom. The van der Waals surface area contributed by atoms with Gasteiger partial charge in [0, 0.05) is 49.0 Å². The Morgan fingerprint density at radius 2 is 1.74 bits per heavy atom. The fourth-order valence-electron chi connectivity index (χ4n) is 3.87. The van der Waals surface area contributed by atoms with E-state index < -0.39 is 0 Å². The van der Waals surface area contributed by atoms with Gasteiger partial charge in [0.2, 0.25) is 5.95 Å². The van der Waals surface area contributed by atoms with Crippen molar-refractivity contribution in [1.29, 1.82) is 0 Å². The summed E-state index contributed by atoms with van der Waals surface area (Å²) in [7, 11) is 2.15. The van der Waals surface area contributed by atoms with Crippen molar-refractivity contribution in [3.8, 4) is 11.1 Å². The third kappa shape index (κ3) is 4.13. The smallest absolute Gasteiger partial charge is 0.227 e. The van der Waals surface area contributed by atoms with Crippen molar-refractivity contribution in [2.75, 3.05) is 49.2 Å². The maximum absolute atomic E-state index is 5.99. The van der Waals surface area contributed by atoms with Gasteiger partial charge in [-0.05, 0) is 36.9 Å². The van der Waals surface area contributed by atoms with Gasteiger partial charge in [0.15, 0.2) is 0 Å². The highest BCUT2D eigenvalue weighted by Crippen LogP contribution is 2.29. The molecule has 156 valence electrons. The zero-order chi connectivity index (χ0) is 21.2. The summed E-state index contributed by atoms with van der Waals surface area (Å²) in [5, 5.41) is 4.27. The van der Waals surface area contributed by atoms with E-state index in [4.69, 9.17) is 10.7 Å². The number of hydrogen-bond acceptors (Lipinski definition) is 7. The Bertz CT molecular complexity index is 1200. The van der Waals surface area contributed by atoms with Gasteiger partial charge in [0.25, 0.3) is 0 Å². The molecule has 0 bridgehead atoms. The lowest BCUT2D eigenvalue weighted by Crippen LogP contribution is -2.44. The van der Waals surface area contributed by atoms with Gasteiger partial charge in [0.1, 0.15) is 5.82 Å². The fourth-order valence-corrected chi connectivity index (χ4v) is 3.87. The first-order valence-corrected chi connectivity index (χ1v) is 10.4. The number of nitrogens with zero attached hydrogens (tertiary/aromatic N) is 5. The number of likely N-dealkylation sites (N-methyl/N-ethyl adjacent to an activating group) is 1. The summed E-state index contributed by atoms with van der Waals surface area (Å²) in [4.78, 5) is 18.6. The van der Waals surface area contributed by atoms with Gasteiger partial charge in [-0.1, -0.05) is 30.3 Å². The van der Waals surface area contributed by atoms with Crippen molar-refractivity contribution in [2.45, 2.75) is 0 Å². The van der Waals surface area contributed by atoms with E-state index in [9.17, 15) is 0 Å². The number of nitrogen functional groups attached to an aromatic ring is 1. The minimum atomic E-state index is 0.540. The molecule has 2 aromatic heterocycles. The molecule has 2 aromatic carbocycles. The van der Waals surface area contributed by atoms with E-state index in [0.717, 1.165) is 65.4 Å². The van der Waals surface area contributed by atoms with E-state index in [1.807, 2.05) is 60.9 Å². The molecule has 1 aliphatic rings. The molecule has 0 aliphatic carbocycles. The minimum Gasteiger partial charge on any atom is -0.399 e. The Morgan fingerprint density at radius 1 is 0.903 bits per heavy atom. The monoisotopic (exact) mass is 411 g/mol. The maximum Gasteiger partial charge on any atom is 0.227 e. The maximum atomic E-state index is 5.99. The average Bonchev–Trinajstić information content (AvgIpc) is 2.80. The molecule has 0 atom stereocenters. The molecule has 31 heavy (non-hydrogen) atoms. The van der Waals surface area contributed by atoms with Crippen molar-refractivity contribution >= 4 is 34.0 Å². The highest BCUT2D eigenvalue weighted by molar-refractivity contribution is 5.94. The van der Waals surface area contributed by atoms with Crippen molar-refractivity contribution < 1.29 is 0 Å². The molecule has 7 nitrogen and oxygen atoms in total. The molecule has 0 amide bonds. The van der Waals surface area contributed by atoms with Crippen LogP contribution in [-0.4, -0.2) is 53.1 Å². The molecule has 7 heteroatoms. The van der Waals surface area contributed by atoms with Gasteiger partial charge in [-0.2, -0.15) is 0 Å². The summed E-state index contributed by atoms with van der Waals surface area (Å²) in [5.74, 6) is 1.54. The Balaban J connectivity index is 1.40. The van der Waals surface area contributed by atoms with Gasteiger partial charge in [0.05, 0.1) is 17.4 Å². The van der Waals surface area contributed by atoms with Crippen LogP contribution in [0, 0.1) is 0 Å². The number of nitrogens with one attached hydrogen (secondary N) is 1. The second-order valence-electron chi connectivity index (χ2n) is 7.88. The van der Waals surface area contributed by atoms with Crippen molar-refractivity contribution in [2.24, 2.45) is 0 Å². The number of para-hydroxylation sites is 1. The predicted octanol–water partition coefficient (Wildman–Crippen LogP) is 3.77. The van der Waals surface area contributed by atoms with E-state index in [2.05, 4.69) is 38.2 Å². The Labute approximate surface area is 181 Å². The molecule has 0 unspecified atom stereocenters. The first-order valence-electron chi connectivity index (χ1n) is 10.4. The van der Waals surface area contributed by atoms with Crippen LogP contribution in [0.3, 0.4) is 0 Å². The van der Waals surface area contributed by atoms with Crippen LogP contribution < -0.4 is 16.0 Å². The molecule has 0 saturated carbocycles. The predicted molar refractivity (Wildman–Crippen MR) is 127 cm³/mol. The molecule has 0 spiro atoms. The summed E-state index contributed by atoms with van der Waals surface area (Å²) < 4.78 is 0. The van der Waals surface area contributed by atoms with Gasteiger partial charge >= 0.3 is 0 Å². The molecular formula is C24H25N7. The summed E-state index contributed by atoms with van der Waals surface area (Å²) in [6, 6.07) is 18.0. The Hall–Kier alpha value is -3.71. The number of hydrogen-bond donors (Lipinski definition) is 2. The quantitative estimate of drug-likeness (QED) is 0.495. The first-order chi connectivity index (χ1) is 15.2. The zero-order valence-corrected chi connectivity index (χ0v) is 17.5. The molecule has 3 heterocycles. The number of benzene rings is 2. The highest BCUT2D eigenvalue weighted by Gasteiger charge is 2.15. The van der Waals surface area contributed by atoms with Gasteiger partial charge in [-0.3, -0.25) is 0 Å². The van der Waals surface area contributed by atoms with Gasteiger partial charge < -0.3 is 20.9 Å². The number of rotatable bonds is 4. The SMILES string of the molecule is CN1CCN(c2ccc(Nc3ncc4cccc(-c5cccc(N)c5)c4n3)cn2)CC1. The van der Waals surface area contributed by atoms with Crippen LogP contribution in [0.25, 0.3) is 22.0 Å². The largest absolute Gasteiger partial charge is 0.399 e. The molecule has 1 aliphatic heterocycles. The summed E-state index contributed by atoms with van der Waals surface area (Å²) in [6.45, 7) is 4.11. The van der Waals surface area contributed by atoms with Crippen LogP contribution in [0.4, 0.5) is 23.1 Å². The fraction of sp³-hybridized carbons (Fsp3) is 0.208. The standard InChI is InChI=1S/C24H25N7/c1-30-10-12-31(13-11-30)22-9-8-20(16-26-22)28-24-27-15-18-5-3-7-21(23(18)29-24)17-4-2-6-19(25)14-17/h2-9,14-16H,10-13,25H2,1H3,(H,27,28,29). The van der Waals surface area contributed by atoms with Gasteiger partial charge in [-0.15, -0.1) is 0 Å². The molecule has 1 saturated heterocycles. The van der Waals surface area contributed by atoms with Gasteiger partial charge in [-0.25, -0.2) is 15.0 Å². The summed E-state index contributed by atoms with van der Waals surface area (Å²) in [6.07, 6.45) is 3.68. The number of pyridine rings is 1. The van der Waals surface area contributed by atoms with Crippen LogP contribution in [0.2, 0.25) is 0 Å². The number of piperazine rings is 1. The minimum absolute atomic E-state index is 0.540. The highest BCUT2D eigenvalue weighted by atomic mass is 15.3. The number of nitrogens with two attached hydrogens (primary N) is 1. The third-order valence-electron chi connectivity index (χ3n) is 5.64. The Kier molecular flexibility index (Phi) is 5.09. The van der Waals surface area contributed by atoms with E-state index in [1.54, 1.807) is 0 Å². The molecule has 3 N–H and O–H groups in total. The lowest BCUT2D eigenvalue weighted by Gasteiger charge is -2.33. The van der Waals surface area contributed by atoms with Crippen LogP contribution in [0.1, 0.15) is 0 Å². The van der Waals surface area contributed by atoms with Crippen molar-refractivity contribution in [3.05, 3.63) is 67.0 Å². The van der Waals surface area contributed by atoms with Crippen LogP contribution in [-0.2, 0) is 0 Å². The average molecular weight is 412 g/mol. The number of fused-ring (bicyclic) bond motifs is 1. The molecular weight excluding hydrogens is 386 g/mol. The molecule has 0 radical (unpaired) electrons. The zero-order valence-electron chi connectivity index (χ0n) is 17.5. The van der Waals surface area contributed by atoms with E-state index in [0.29, 0.717) is 5.95 Å². The molecule has 5 rings (SSSR count). The van der Waals surface area contributed by atoms with E-state index >= 15 is 0 Å². The van der Waals surface area contributed by atoms with Crippen LogP contribution in [0.5, 0.6) is 0 Å². The van der Waals surface area contributed by atoms with E-state index in [-0.39, 0.29) is 0 Å². The molecule has 4 aromatic rings. The van der Waals surface area contributed by atoms with Crippen LogP contribution >= 0.6 is 0 Å². The van der Waals surface area contributed by atoms with E-state index in [1.165, 1.54) is 0 Å². The number of aromatic nitrogens is 3. The lowest BCUT2D eigenvalue weighted by atomic mass is 10.0. The second kappa shape index (κ2) is 8.20. The summed E-state index contributed by atoms with van der Waals surface area (Å²) >= 11 is 0. The third-order valence-corrected chi connectivity index (χ3v) is 5.64. The first kappa shape index (κ1) is 19.3. The van der Waals surface area contributed by atoms with Crippen molar-refractivity contribution in [3.63, 3.8) is 0 Å². The topological polar surface area (TPSA) is 83.2 Å². The van der Waals surface area contributed by atoms with Crippen molar-refractivity contribution in [1.82, 2.24) is 19.9 Å². The molecule has 1 fully saturated rings. The summed E-state index contributed by atoms with van der Waals surface area (Å²) in [5.41, 5.74) is 10.5.